The van der Waals surface area contributed by atoms with Gasteiger partial charge in [-0.15, -0.1) is 0 Å². The van der Waals surface area contributed by atoms with Crippen molar-refractivity contribution in [2.75, 3.05) is 39.5 Å². The van der Waals surface area contributed by atoms with Crippen molar-refractivity contribution in [3.63, 3.8) is 0 Å². The Morgan fingerprint density at radius 2 is 1.70 bits per heavy atom. The van der Waals surface area contributed by atoms with Gasteiger partial charge in [-0.3, -0.25) is 9.69 Å². The molecular weight excluding hydrogens is 344 g/mol. The van der Waals surface area contributed by atoms with Crippen molar-refractivity contribution in [1.82, 2.24) is 10.2 Å². The molecule has 0 saturated carbocycles. The highest BCUT2D eigenvalue weighted by Gasteiger charge is 2.15. The zero-order valence-electron chi connectivity index (χ0n) is 15.3. The van der Waals surface area contributed by atoms with Crippen molar-refractivity contribution in [2.45, 2.75) is 13.1 Å². The number of amides is 1. The molecule has 1 N–H and O–H groups in total. The number of benzene rings is 2. The highest BCUT2D eigenvalue weighted by molar-refractivity contribution is 5.94. The molecule has 1 saturated heterocycles. The van der Waals surface area contributed by atoms with Crippen LogP contribution in [0.25, 0.3) is 0 Å². The summed E-state index contributed by atoms with van der Waals surface area (Å²) < 4.78 is 16.4. The Balaban J connectivity index is 1.35. The quantitative estimate of drug-likeness (QED) is 0.877. The van der Waals surface area contributed by atoms with Gasteiger partial charge in [0.05, 0.1) is 13.2 Å². The molecule has 2 aromatic rings. The van der Waals surface area contributed by atoms with Crippen molar-refractivity contribution >= 4 is 5.91 Å². The van der Waals surface area contributed by atoms with Gasteiger partial charge in [-0.25, -0.2) is 0 Å². The van der Waals surface area contributed by atoms with E-state index in [-0.39, 0.29) is 5.91 Å². The first-order chi connectivity index (χ1) is 13.3. The van der Waals surface area contributed by atoms with Crippen LogP contribution in [0.5, 0.6) is 11.5 Å². The molecule has 142 valence electrons. The van der Waals surface area contributed by atoms with E-state index in [0.29, 0.717) is 36.8 Å². The van der Waals surface area contributed by atoms with E-state index < -0.39 is 0 Å². The summed E-state index contributed by atoms with van der Waals surface area (Å²) in [6.45, 7) is 5.97. The minimum absolute atomic E-state index is 0.120. The predicted octanol–water partition coefficient (Wildman–Crippen LogP) is 2.22. The van der Waals surface area contributed by atoms with E-state index in [0.717, 1.165) is 38.4 Å². The molecule has 2 aliphatic heterocycles. The third-order valence-corrected chi connectivity index (χ3v) is 4.76. The van der Waals surface area contributed by atoms with Crippen molar-refractivity contribution in [3.05, 3.63) is 59.2 Å². The van der Waals surface area contributed by atoms with Gasteiger partial charge in [0.1, 0.15) is 13.2 Å². The Bertz CT molecular complexity index is 803. The summed E-state index contributed by atoms with van der Waals surface area (Å²) in [4.78, 5) is 14.9. The first-order valence-electron chi connectivity index (χ1n) is 9.34. The van der Waals surface area contributed by atoms with Crippen molar-refractivity contribution in [2.24, 2.45) is 0 Å². The van der Waals surface area contributed by atoms with Crippen molar-refractivity contribution in [1.29, 1.82) is 0 Å². The second kappa shape index (κ2) is 8.41. The van der Waals surface area contributed by atoms with Gasteiger partial charge >= 0.3 is 0 Å². The standard InChI is InChI=1S/C21H24N2O4/c24-21(18-4-5-19-20(13-18)27-11-10-26-19)22-14-16-2-1-3-17(12-16)15-23-6-8-25-9-7-23/h1-5,12-13H,6-11,14-15H2,(H,22,24). The average Bonchev–Trinajstić information content (AvgIpc) is 2.73. The molecule has 2 heterocycles. The zero-order chi connectivity index (χ0) is 18.5. The van der Waals surface area contributed by atoms with Gasteiger partial charge in [0.15, 0.2) is 11.5 Å². The van der Waals surface area contributed by atoms with Gasteiger partial charge in [0.2, 0.25) is 0 Å². The van der Waals surface area contributed by atoms with E-state index in [4.69, 9.17) is 14.2 Å². The van der Waals surface area contributed by atoms with E-state index in [1.54, 1.807) is 18.2 Å². The summed E-state index contributed by atoms with van der Waals surface area (Å²) >= 11 is 0. The van der Waals surface area contributed by atoms with E-state index in [1.165, 1.54) is 5.56 Å². The summed E-state index contributed by atoms with van der Waals surface area (Å²) in [5.74, 6) is 1.19. The Morgan fingerprint density at radius 1 is 0.926 bits per heavy atom. The Hall–Kier alpha value is -2.57. The van der Waals surface area contributed by atoms with Gasteiger partial charge in [0.25, 0.3) is 5.91 Å². The lowest BCUT2D eigenvalue weighted by molar-refractivity contribution is 0.0342. The van der Waals surface area contributed by atoms with Gasteiger partial charge in [-0.05, 0) is 29.3 Å². The van der Waals surface area contributed by atoms with Crippen LogP contribution in [-0.2, 0) is 17.8 Å². The lowest BCUT2D eigenvalue weighted by Gasteiger charge is -2.26. The minimum Gasteiger partial charge on any atom is -0.486 e. The summed E-state index contributed by atoms with van der Waals surface area (Å²) in [7, 11) is 0. The largest absolute Gasteiger partial charge is 0.486 e. The summed E-state index contributed by atoms with van der Waals surface area (Å²) in [5, 5.41) is 2.98. The fourth-order valence-corrected chi connectivity index (χ4v) is 3.32. The molecule has 2 aromatic carbocycles. The maximum absolute atomic E-state index is 12.5. The molecule has 0 aromatic heterocycles. The van der Waals surface area contributed by atoms with Crippen LogP contribution in [0.3, 0.4) is 0 Å². The maximum atomic E-state index is 12.5. The Labute approximate surface area is 159 Å². The molecule has 6 nitrogen and oxygen atoms in total. The summed E-state index contributed by atoms with van der Waals surface area (Å²) in [5.41, 5.74) is 2.92. The van der Waals surface area contributed by atoms with Gasteiger partial charge in [-0.2, -0.15) is 0 Å². The molecule has 4 rings (SSSR count). The van der Waals surface area contributed by atoms with Crippen LogP contribution in [0, 0.1) is 0 Å². The Kier molecular flexibility index (Phi) is 5.55. The molecule has 27 heavy (non-hydrogen) atoms. The van der Waals surface area contributed by atoms with Crippen LogP contribution in [-0.4, -0.2) is 50.3 Å². The zero-order valence-corrected chi connectivity index (χ0v) is 15.3. The molecule has 0 unspecified atom stereocenters. The number of ether oxygens (including phenoxy) is 3. The number of morpholine rings is 1. The van der Waals surface area contributed by atoms with Crippen LogP contribution in [0.2, 0.25) is 0 Å². The summed E-state index contributed by atoms with van der Waals surface area (Å²) in [6, 6.07) is 13.6. The van der Waals surface area contributed by atoms with E-state index in [1.807, 2.05) is 12.1 Å². The van der Waals surface area contributed by atoms with E-state index >= 15 is 0 Å². The first kappa shape index (κ1) is 17.8. The van der Waals surface area contributed by atoms with Crippen molar-refractivity contribution < 1.29 is 19.0 Å². The Morgan fingerprint density at radius 3 is 2.56 bits per heavy atom. The normalized spacial score (nSPS) is 16.7. The highest BCUT2D eigenvalue weighted by atomic mass is 16.6. The monoisotopic (exact) mass is 368 g/mol. The molecule has 0 aliphatic carbocycles. The number of hydrogen-bond acceptors (Lipinski definition) is 5. The number of rotatable bonds is 5. The summed E-state index contributed by atoms with van der Waals surface area (Å²) in [6.07, 6.45) is 0. The smallest absolute Gasteiger partial charge is 0.251 e. The lowest BCUT2D eigenvalue weighted by Crippen LogP contribution is -2.35. The highest BCUT2D eigenvalue weighted by Crippen LogP contribution is 2.30. The van der Waals surface area contributed by atoms with E-state index in [2.05, 4.69) is 22.3 Å². The number of carbonyl (C=O) groups excluding carboxylic acids is 1. The molecule has 1 amide bonds. The third kappa shape index (κ3) is 4.59. The molecule has 0 spiro atoms. The number of hydrogen-bond donors (Lipinski definition) is 1. The predicted molar refractivity (Wildman–Crippen MR) is 101 cm³/mol. The SMILES string of the molecule is O=C(NCc1cccc(CN2CCOCC2)c1)c1ccc2c(c1)OCCO2. The molecule has 0 atom stereocenters. The van der Waals surface area contributed by atoms with Crippen LogP contribution in [0.15, 0.2) is 42.5 Å². The van der Waals surface area contributed by atoms with Crippen LogP contribution in [0.1, 0.15) is 21.5 Å². The molecule has 6 heteroatoms. The molecule has 2 aliphatic rings. The number of nitrogens with zero attached hydrogens (tertiary/aromatic N) is 1. The number of carbonyl (C=O) groups is 1. The molecule has 0 bridgehead atoms. The van der Waals surface area contributed by atoms with Crippen LogP contribution >= 0.6 is 0 Å². The second-order valence-electron chi connectivity index (χ2n) is 6.75. The minimum atomic E-state index is -0.120. The molecule has 0 radical (unpaired) electrons. The first-order valence-corrected chi connectivity index (χ1v) is 9.34. The number of fused-ring (bicyclic) bond motifs is 1. The van der Waals surface area contributed by atoms with Gasteiger partial charge in [-0.1, -0.05) is 24.3 Å². The third-order valence-electron chi connectivity index (χ3n) is 4.76. The maximum Gasteiger partial charge on any atom is 0.251 e. The van der Waals surface area contributed by atoms with Gasteiger partial charge in [0, 0.05) is 31.7 Å². The van der Waals surface area contributed by atoms with E-state index in [9.17, 15) is 4.79 Å². The lowest BCUT2D eigenvalue weighted by atomic mass is 10.1. The fourth-order valence-electron chi connectivity index (χ4n) is 3.32. The molecule has 1 fully saturated rings. The number of nitrogens with one attached hydrogen (secondary N) is 1. The van der Waals surface area contributed by atoms with Gasteiger partial charge < -0.3 is 19.5 Å². The topological polar surface area (TPSA) is 60.0 Å². The molecular formula is C21H24N2O4. The van der Waals surface area contributed by atoms with Crippen molar-refractivity contribution in [3.8, 4) is 11.5 Å². The fraction of sp³-hybridized carbons (Fsp3) is 0.381. The van der Waals surface area contributed by atoms with Crippen LogP contribution < -0.4 is 14.8 Å². The second-order valence-corrected chi connectivity index (χ2v) is 6.75. The average molecular weight is 368 g/mol. The van der Waals surface area contributed by atoms with Crippen LogP contribution in [0.4, 0.5) is 0 Å².